The van der Waals surface area contributed by atoms with Crippen LogP contribution in [0.2, 0.25) is 0 Å². The molecule has 0 saturated heterocycles. The molecular weight excluding hydrogens is 294 g/mol. The Morgan fingerprint density at radius 3 is 2.64 bits per heavy atom. The summed E-state index contributed by atoms with van der Waals surface area (Å²) in [4.78, 5) is 22.2. The molecule has 1 amide bonds. The van der Waals surface area contributed by atoms with Crippen LogP contribution in [0.5, 0.6) is 5.75 Å². The lowest BCUT2D eigenvalue weighted by Gasteiger charge is -2.12. The minimum Gasteiger partial charge on any atom is -0.435 e. The van der Waals surface area contributed by atoms with E-state index in [0.717, 1.165) is 0 Å². The van der Waals surface area contributed by atoms with Gasteiger partial charge in [0.15, 0.2) is 0 Å². The number of hydrogen-bond acceptors (Lipinski definition) is 4. The minimum absolute atomic E-state index is 0.0230. The fourth-order valence-electron chi connectivity index (χ4n) is 1.85. The van der Waals surface area contributed by atoms with Crippen LogP contribution in [0.4, 0.5) is 20.2 Å². The number of carbonyl (C=O) groups is 2. The third-order valence-electron chi connectivity index (χ3n) is 2.78. The van der Waals surface area contributed by atoms with Crippen molar-refractivity contribution in [3.8, 4) is 5.75 Å². The highest BCUT2D eigenvalue weighted by atomic mass is 19.3. The maximum Gasteiger partial charge on any atom is 0.387 e. The van der Waals surface area contributed by atoms with E-state index in [1.54, 1.807) is 6.07 Å². The first-order valence-electron chi connectivity index (χ1n) is 6.20. The van der Waals surface area contributed by atoms with Crippen LogP contribution in [0.1, 0.15) is 20.7 Å². The Labute approximate surface area is 124 Å². The number of alkyl halides is 2. The lowest BCUT2D eigenvalue weighted by molar-refractivity contribution is -0.0498. The number of rotatable bonds is 6. The van der Waals surface area contributed by atoms with Crippen molar-refractivity contribution in [2.24, 2.45) is 5.73 Å². The van der Waals surface area contributed by atoms with Crippen LogP contribution in [0, 0.1) is 0 Å². The summed E-state index contributed by atoms with van der Waals surface area (Å²) in [5, 5.41) is 2.88. The molecule has 0 heterocycles. The number of hydrogen-bond donors (Lipinski definition) is 2. The highest BCUT2D eigenvalue weighted by Crippen LogP contribution is 2.25. The SMILES string of the molecule is NC(=O)c1cc(C=O)ccc1Nc1cccc(OC(F)F)c1. The van der Waals surface area contributed by atoms with Crippen LogP contribution >= 0.6 is 0 Å². The van der Waals surface area contributed by atoms with E-state index in [2.05, 4.69) is 10.1 Å². The van der Waals surface area contributed by atoms with Gasteiger partial charge in [-0.2, -0.15) is 8.78 Å². The Morgan fingerprint density at radius 1 is 1.23 bits per heavy atom. The van der Waals surface area contributed by atoms with Crippen LogP contribution in [0.25, 0.3) is 0 Å². The quantitative estimate of drug-likeness (QED) is 0.804. The number of carbonyl (C=O) groups excluding carboxylic acids is 2. The fourth-order valence-corrected chi connectivity index (χ4v) is 1.85. The number of primary amides is 1. The van der Waals surface area contributed by atoms with E-state index in [1.807, 2.05) is 0 Å². The molecule has 0 aromatic heterocycles. The lowest BCUT2D eigenvalue weighted by Crippen LogP contribution is -2.13. The zero-order chi connectivity index (χ0) is 16.1. The summed E-state index contributed by atoms with van der Waals surface area (Å²) in [7, 11) is 0. The molecule has 0 fully saturated rings. The second-order valence-electron chi connectivity index (χ2n) is 4.32. The van der Waals surface area contributed by atoms with Crippen molar-refractivity contribution in [3.63, 3.8) is 0 Å². The van der Waals surface area contributed by atoms with Gasteiger partial charge in [0.05, 0.1) is 11.3 Å². The predicted octanol–water partition coefficient (Wildman–Crippen LogP) is 2.94. The molecule has 0 radical (unpaired) electrons. The number of ether oxygens (including phenoxy) is 1. The van der Waals surface area contributed by atoms with Crippen LogP contribution < -0.4 is 15.8 Å². The Bertz CT molecular complexity index is 705. The Balaban J connectivity index is 2.30. The van der Waals surface area contributed by atoms with Gasteiger partial charge in [0.1, 0.15) is 12.0 Å². The summed E-state index contributed by atoms with van der Waals surface area (Å²) < 4.78 is 28.7. The normalized spacial score (nSPS) is 10.3. The Morgan fingerprint density at radius 2 is 2.00 bits per heavy atom. The maximum absolute atomic E-state index is 12.2. The molecule has 114 valence electrons. The molecule has 2 aromatic carbocycles. The van der Waals surface area contributed by atoms with E-state index in [1.165, 1.54) is 36.4 Å². The van der Waals surface area contributed by atoms with Gasteiger partial charge in [0.2, 0.25) is 0 Å². The van der Waals surface area contributed by atoms with Gasteiger partial charge in [-0.25, -0.2) is 0 Å². The lowest BCUT2D eigenvalue weighted by atomic mass is 10.1. The molecule has 2 aromatic rings. The van der Waals surface area contributed by atoms with Gasteiger partial charge in [-0.15, -0.1) is 0 Å². The molecule has 0 aliphatic carbocycles. The average molecular weight is 306 g/mol. The van der Waals surface area contributed by atoms with Gasteiger partial charge in [-0.05, 0) is 30.3 Å². The molecular formula is C15H12F2N2O3. The van der Waals surface area contributed by atoms with Crippen LogP contribution in [-0.4, -0.2) is 18.8 Å². The summed E-state index contributed by atoms with van der Waals surface area (Å²) in [5.74, 6) is -0.740. The molecule has 0 atom stereocenters. The van der Waals surface area contributed by atoms with E-state index in [4.69, 9.17) is 5.73 Å². The maximum atomic E-state index is 12.2. The van der Waals surface area contributed by atoms with Crippen molar-refractivity contribution in [1.82, 2.24) is 0 Å². The highest BCUT2D eigenvalue weighted by Gasteiger charge is 2.10. The monoisotopic (exact) mass is 306 g/mol. The van der Waals surface area contributed by atoms with Crippen LogP contribution in [-0.2, 0) is 0 Å². The molecule has 2 rings (SSSR count). The molecule has 0 spiro atoms. The number of halogens is 2. The summed E-state index contributed by atoms with van der Waals surface area (Å²) in [6.07, 6.45) is 0.591. The number of aldehydes is 1. The molecule has 0 saturated carbocycles. The number of amides is 1. The number of nitrogens with two attached hydrogens (primary N) is 1. The third kappa shape index (κ3) is 3.78. The van der Waals surface area contributed by atoms with E-state index in [9.17, 15) is 18.4 Å². The van der Waals surface area contributed by atoms with Crippen molar-refractivity contribution in [2.75, 3.05) is 5.32 Å². The average Bonchev–Trinajstić information content (AvgIpc) is 2.47. The van der Waals surface area contributed by atoms with Crippen molar-refractivity contribution in [2.45, 2.75) is 6.61 Å². The molecule has 22 heavy (non-hydrogen) atoms. The standard InChI is InChI=1S/C15H12F2N2O3/c16-15(17)22-11-3-1-2-10(7-11)19-13-5-4-9(8-20)6-12(13)14(18)21/h1-8,15,19H,(H2,18,21). The molecule has 0 unspecified atom stereocenters. The summed E-state index contributed by atoms with van der Waals surface area (Å²) in [6, 6.07) is 10.2. The number of anilines is 2. The molecule has 3 N–H and O–H groups in total. The Kier molecular flexibility index (Phi) is 4.67. The number of nitrogens with one attached hydrogen (secondary N) is 1. The molecule has 7 heteroatoms. The zero-order valence-electron chi connectivity index (χ0n) is 11.3. The van der Waals surface area contributed by atoms with Crippen LogP contribution in [0.15, 0.2) is 42.5 Å². The number of benzene rings is 2. The van der Waals surface area contributed by atoms with Gasteiger partial charge in [0.25, 0.3) is 5.91 Å². The largest absolute Gasteiger partial charge is 0.435 e. The Hall–Kier alpha value is -2.96. The molecule has 0 aliphatic rings. The summed E-state index contributed by atoms with van der Waals surface area (Å²) >= 11 is 0. The van der Waals surface area contributed by atoms with Gasteiger partial charge in [0, 0.05) is 17.3 Å². The predicted molar refractivity (Wildman–Crippen MR) is 76.7 cm³/mol. The van der Waals surface area contributed by atoms with E-state index in [-0.39, 0.29) is 11.3 Å². The minimum atomic E-state index is -2.93. The molecule has 5 nitrogen and oxygen atoms in total. The van der Waals surface area contributed by atoms with E-state index in [0.29, 0.717) is 23.2 Å². The third-order valence-corrected chi connectivity index (χ3v) is 2.78. The first-order chi connectivity index (χ1) is 10.5. The topological polar surface area (TPSA) is 81.4 Å². The van der Waals surface area contributed by atoms with Gasteiger partial charge >= 0.3 is 6.61 Å². The highest BCUT2D eigenvalue weighted by molar-refractivity contribution is 6.00. The van der Waals surface area contributed by atoms with Crippen molar-refractivity contribution >= 4 is 23.6 Å². The summed E-state index contributed by atoms with van der Waals surface area (Å²) in [5.41, 5.74) is 6.47. The second-order valence-corrected chi connectivity index (χ2v) is 4.32. The second kappa shape index (κ2) is 6.66. The van der Waals surface area contributed by atoms with E-state index < -0.39 is 12.5 Å². The molecule has 0 bridgehead atoms. The van der Waals surface area contributed by atoms with E-state index >= 15 is 0 Å². The fraction of sp³-hybridized carbons (Fsp3) is 0.0667. The van der Waals surface area contributed by atoms with Crippen LogP contribution in [0.3, 0.4) is 0 Å². The van der Waals surface area contributed by atoms with Gasteiger partial charge in [-0.1, -0.05) is 6.07 Å². The first-order valence-corrected chi connectivity index (χ1v) is 6.20. The van der Waals surface area contributed by atoms with Gasteiger partial charge in [-0.3, -0.25) is 9.59 Å². The first kappa shape index (κ1) is 15.4. The van der Waals surface area contributed by atoms with Crippen molar-refractivity contribution in [1.29, 1.82) is 0 Å². The summed E-state index contributed by atoms with van der Waals surface area (Å²) in [6.45, 7) is -2.93. The smallest absolute Gasteiger partial charge is 0.387 e. The van der Waals surface area contributed by atoms with Crippen molar-refractivity contribution < 1.29 is 23.1 Å². The van der Waals surface area contributed by atoms with Crippen molar-refractivity contribution in [3.05, 3.63) is 53.6 Å². The zero-order valence-corrected chi connectivity index (χ0v) is 11.3. The molecule has 0 aliphatic heterocycles. The van der Waals surface area contributed by atoms with Gasteiger partial charge < -0.3 is 15.8 Å².